The molecular formula is C12H16F4N2O2. The summed E-state index contributed by atoms with van der Waals surface area (Å²) in [5.41, 5.74) is 0. The van der Waals surface area contributed by atoms with Crippen LogP contribution in [0.5, 0.6) is 0 Å². The first-order valence-corrected chi connectivity index (χ1v) is 6.12. The van der Waals surface area contributed by atoms with Crippen LogP contribution in [0.4, 0.5) is 17.6 Å². The molecule has 20 heavy (non-hydrogen) atoms. The van der Waals surface area contributed by atoms with Gasteiger partial charge in [0.05, 0.1) is 6.42 Å². The van der Waals surface area contributed by atoms with Crippen LogP contribution in [0.2, 0.25) is 0 Å². The van der Waals surface area contributed by atoms with E-state index in [9.17, 15) is 22.4 Å². The fourth-order valence-corrected chi connectivity index (χ4v) is 1.54. The molecule has 0 aromatic carbocycles. The Morgan fingerprint density at radius 1 is 1.50 bits per heavy atom. The van der Waals surface area contributed by atoms with E-state index in [2.05, 4.69) is 9.72 Å². The number of Topliss-reactive ketones (excluding diaryl/α,β-unsaturated/α-hetero) is 1. The third kappa shape index (κ3) is 4.92. The molecule has 0 spiro atoms. The topological polar surface area (TPSA) is 44.1 Å². The van der Waals surface area contributed by atoms with E-state index >= 15 is 0 Å². The lowest BCUT2D eigenvalue weighted by Gasteiger charge is -2.14. The summed E-state index contributed by atoms with van der Waals surface area (Å²) < 4.78 is 54.9. The first-order valence-electron chi connectivity index (χ1n) is 6.12. The molecule has 1 heterocycles. The molecule has 0 bridgehead atoms. The second kappa shape index (κ2) is 7.37. The molecular weight excluding hydrogens is 280 g/mol. The van der Waals surface area contributed by atoms with Crippen molar-refractivity contribution < 1.29 is 27.1 Å². The second-order valence-electron chi connectivity index (χ2n) is 4.31. The number of hydrogen-bond donors (Lipinski definition) is 0. The molecule has 0 atom stereocenters. The number of ketones is 1. The summed E-state index contributed by atoms with van der Waals surface area (Å²) in [6.45, 7) is 0.537. The Morgan fingerprint density at radius 3 is 2.80 bits per heavy atom. The second-order valence-corrected chi connectivity index (χ2v) is 4.31. The van der Waals surface area contributed by atoms with E-state index in [0.717, 1.165) is 6.42 Å². The molecule has 0 N–H and O–H groups in total. The van der Waals surface area contributed by atoms with Crippen molar-refractivity contribution in [3.05, 3.63) is 18.2 Å². The molecule has 0 aliphatic carbocycles. The van der Waals surface area contributed by atoms with Crippen molar-refractivity contribution in [2.75, 3.05) is 13.2 Å². The minimum absolute atomic E-state index is 0.0761. The van der Waals surface area contributed by atoms with Crippen LogP contribution < -0.4 is 0 Å². The first-order chi connectivity index (χ1) is 9.36. The first kappa shape index (κ1) is 16.6. The molecule has 4 nitrogen and oxygen atoms in total. The van der Waals surface area contributed by atoms with Gasteiger partial charge in [0.1, 0.15) is 19.0 Å². The smallest absolute Gasteiger partial charge is 0.330 e. The highest BCUT2D eigenvalue weighted by Crippen LogP contribution is 2.22. The summed E-state index contributed by atoms with van der Waals surface area (Å²) in [5, 5.41) is 0. The van der Waals surface area contributed by atoms with Gasteiger partial charge in [-0.25, -0.2) is 13.8 Å². The van der Waals surface area contributed by atoms with Crippen LogP contribution in [0.1, 0.15) is 19.2 Å². The lowest BCUT2D eigenvalue weighted by molar-refractivity contribution is -0.168. The van der Waals surface area contributed by atoms with Gasteiger partial charge in [0.25, 0.3) is 0 Å². The highest BCUT2D eigenvalue weighted by molar-refractivity contribution is 5.81. The molecule has 0 radical (unpaired) electrons. The Morgan fingerprint density at radius 2 is 2.20 bits per heavy atom. The normalized spacial score (nSPS) is 12.1. The van der Waals surface area contributed by atoms with Crippen LogP contribution in [-0.4, -0.2) is 40.9 Å². The number of aryl methyl sites for hydroxylation is 1. The summed E-state index contributed by atoms with van der Waals surface area (Å²) in [7, 11) is 0. The highest BCUT2D eigenvalue weighted by Gasteiger charge is 2.41. The Balaban J connectivity index is 2.39. The fourth-order valence-electron chi connectivity index (χ4n) is 1.54. The third-order valence-electron chi connectivity index (χ3n) is 2.50. The van der Waals surface area contributed by atoms with Crippen molar-refractivity contribution in [3.63, 3.8) is 0 Å². The number of ether oxygens (including phenoxy) is 1. The van der Waals surface area contributed by atoms with E-state index in [1.807, 2.05) is 6.92 Å². The predicted octanol–water partition coefficient (Wildman–Crippen LogP) is 2.32. The third-order valence-corrected chi connectivity index (χ3v) is 2.50. The number of carbonyl (C=O) groups excluding carboxylic acids is 1. The van der Waals surface area contributed by atoms with Gasteiger partial charge in [-0.3, -0.25) is 4.79 Å². The molecule has 8 heteroatoms. The van der Waals surface area contributed by atoms with Crippen LogP contribution in [0.25, 0.3) is 0 Å². The van der Waals surface area contributed by atoms with Gasteiger partial charge in [0.15, 0.2) is 5.78 Å². The maximum absolute atomic E-state index is 12.5. The van der Waals surface area contributed by atoms with Crippen LogP contribution in [0.15, 0.2) is 12.4 Å². The van der Waals surface area contributed by atoms with E-state index in [1.54, 1.807) is 10.8 Å². The largest absolute Gasteiger partial charge is 0.367 e. The molecule has 0 aliphatic rings. The van der Waals surface area contributed by atoms with Gasteiger partial charge in [-0.15, -0.1) is 0 Å². The Kier molecular flexibility index (Phi) is 6.12. The van der Waals surface area contributed by atoms with Crippen molar-refractivity contribution in [2.45, 2.75) is 38.7 Å². The standard InChI is InChI=1S/C12H16F4N2O2/c1-2-4-18-5-3-17-10(18)6-9(19)7-20-8-12(15,16)11(13)14/h3,5,11H,2,4,6-8H2,1H3. The Hall–Kier alpha value is -1.44. The zero-order chi connectivity index (χ0) is 15.2. The number of rotatable bonds is 9. The van der Waals surface area contributed by atoms with Crippen LogP contribution >= 0.6 is 0 Å². The zero-order valence-corrected chi connectivity index (χ0v) is 11.0. The van der Waals surface area contributed by atoms with Crippen molar-refractivity contribution in [1.82, 2.24) is 9.55 Å². The van der Waals surface area contributed by atoms with Crippen molar-refractivity contribution >= 4 is 5.78 Å². The summed E-state index contributed by atoms with van der Waals surface area (Å²) in [5.74, 6) is -4.22. The van der Waals surface area contributed by atoms with Gasteiger partial charge in [0, 0.05) is 18.9 Å². The van der Waals surface area contributed by atoms with E-state index in [0.29, 0.717) is 12.4 Å². The molecule has 0 amide bonds. The minimum atomic E-state index is -4.24. The maximum Gasteiger partial charge on any atom is 0.330 e. The van der Waals surface area contributed by atoms with Gasteiger partial charge in [0.2, 0.25) is 0 Å². The molecule has 0 saturated carbocycles. The average Bonchev–Trinajstić information content (AvgIpc) is 2.76. The van der Waals surface area contributed by atoms with Crippen molar-refractivity contribution in [3.8, 4) is 0 Å². The van der Waals surface area contributed by atoms with Crippen molar-refractivity contribution in [2.24, 2.45) is 0 Å². The number of nitrogens with zero attached hydrogens (tertiary/aromatic N) is 2. The minimum Gasteiger partial charge on any atom is -0.367 e. The number of halogens is 4. The maximum atomic E-state index is 12.5. The highest BCUT2D eigenvalue weighted by atomic mass is 19.3. The van der Waals surface area contributed by atoms with Crippen LogP contribution in [0.3, 0.4) is 0 Å². The molecule has 1 rings (SSSR count). The summed E-state index contributed by atoms with van der Waals surface area (Å²) >= 11 is 0. The lowest BCUT2D eigenvalue weighted by atomic mass is 10.3. The number of hydrogen-bond acceptors (Lipinski definition) is 3. The monoisotopic (exact) mass is 296 g/mol. The van der Waals surface area contributed by atoms with Gasteiger partial charge < -0.3 is 9.30 Å². The van der Waals surface area contributed by atoms with E-state index in [-0.39, 0.29) is 6.42 Å². The Labute approximate surface area is 113 Å². The van der Waals surface area contributed by atoms with Gasteiger partial charge in [-0.05, 0) is 6.42 Å². The molecule has 1 aromatic rings. The number of aromatic nitrogens is 2. The summed E-state index contributed by atoms with van der Waals surface area (Å²) in [6.07, 6.45) is 0.213. The van der Waals surface area contributed by atoms with Crippen LogP contribution in [-0.2, 0) is 22.5 Å². The lowest BCUT2D eigenvalue weighted by Crippen LogP contribution is -2.33. The van der Waals surface area contributed by atoms with Gasteiger partial charge in [-0.1, -0.05) is 6.92 Å². The number of alkyl halides is 4. The molecule has 0 saturated heterocycles. The average molecular weight is 296 g/mol. The molecule has 1 aromatic heterocycles. The molecule has 0 unspecified atom stereocenters. The van der Waals surface area contributed by atoms with Gasteiger partial charge in [-0.2, -0.15) is 8.78 Å². The Bertz CT molecular complexity index is 435. The molecule has 0 fully saturated rings. The van der Waals surface area contributed by atoms with E-state index in [4.69, 9.17) is 0 Å². The number of imidazole rings is 1. The number of carbonyl (C=O) groups is 1. The fraction of sp³-hybridized carbons (Fsp3) is 0.667. The molecule has 0 aliphatic heterocycles. The van der Waals surface area contributed by atoms with Crippen LogP contribution in [0, 0.1) is 0 Å². The molecule has 114 valence electrons. The zero-order valence-electron chi connectivity index (χ0n) is 11.0. The summed E-state index contributed by atoms with van der Waals surface area (Å²) in [4.78, 5) is 15.5. The van der Waals surface area contributed by atoms with E-state index in [1.165, 1.54) is 6.20 Å². The quantitative estimate of drug-likeness (QED) is 0.657. The predicted molar refractivity (Wildman–Crippen MR) is 63.0 cm³/mol. The van der Waals surface area contributed by atoms with Gasteiger partial charge >= 0.3 is 12.3 Å². The SMILES string of the molecule is CCCn1ccnc1CC(=O)COCC(F)(F)C(F)F. The summed E-state index contributed by atoms with van der Waals surface area (Å²) in [6, 6.07) is 0. The van der Waals surface area contributed by atoms with Crippen molar-refractivity contribution in [1.29, 1.82) is 0 Å². The van der Waals surface area contributed by atoms with E-state index < -0.39 is 31.3 Å².